The second kappa shape index (κ2) is 22.6. The number of allylic oxidation sites excluding steroid dienone is 4. The largest absolute Gasteiger partial charge is 0.493 e. The Kier molecular flexibility index (Phi) is 17.7. The van der Waals surface area contributed by atoms with E-state index in [4.69, 9.17) is 14.2 Å². The van der Waals surface area contributed by atoms with Gasteiger partial charge in [0.05, 0.1) is 33.0 Å². The van der Waals surface area contributed by atoms with Crippen molar-refractivity contribution in [1.29, 1.82) is 0 Å². The first-order valence-corrected chi connectivity index (χ1v) is 22.6. The lowest BCUT2D eigenvalue weighted by atomic mass is 9.75. The number of benzene rings is 2. The van der Waals surface area contributed by atoms with Gasteiger partial charge in [-0.25, -0.2) is 9.59 Å². The van der Waals surface area contributed by atoms with E-state index in [9.17, 15) is 19.8 Å². The zero-order chi connectivity index (χ0) is 42.4. The van der Waals surface area contributed by atoms with Crippen LogP contribution in [0.1, 0.15) is 152 Å². The van der Waals surface area contributed by atoms with Gasteiger partial charge in [0.25, 0.3) is 0 Å². The van der Waals surface area contributed by atoms with Gasteiger partial charge in [0.1, 0.15) is 5.75 Å². The molecular formula is C52H72O7. The van der Waals surface area contributed by atoms with Crippen LogP contribution >= 0.6 is 0 Å². The Balaban J connectivity index is 1.40. The second-order valence-electron chi connectivity index (χ2n) is 18.1. The average molecular weight is 809 g/mol. The van der Waals surface area contributed by atoms with Crippen LogP contribution in [0.4, 0.5) is 0 Å². The number of hydrogen-bond donors (Lipinski definition) is 2. The summed E-state index contributed by atoms with van der Waals surface area (Å²) in [6.07, 6.45) is 24.6. The van der Waals surface area contributed by atoms with Gasteiger partial charge in [0.15, 0.2) is 0 Å². The van der Waals surface area contributed by atoms with Gasteiger partial charge < -0.3 is 24.4 Å². The van der Waals surface area contributed by atoms with E-state index >= 15 is 0 Å². The minimum atomic E-state index is -0.674. The van der Waals surface area contributed by atoms with Gasteiger partial charge in [0, 0.05) is 22.5 Å². The Labute approximate surface area is 355 Å². The van der Waals surface area contributed by atoms with Crippen molar-refractivity contribution >= 4 is 11.9 Å². The molecule has 3 aliphatic rings. The van der Waals surface area contributed by atoms with Crippen LogP contribution in [0.2, 0.25) is 0 Å². The van der Waals surface area contributed by atoms with Crippen molar-refractivity contribution in [2.75, 3.05) is 33.0 Å². The molecule has 3 aliphatic carbocycles. The van der Waals surface area contributed by atoms with Gasteiger partial charge in [-0.1, -0.05) is 89.1 Å². The van der Waals surface area contributed by atoms with Gasteiger partial charge in [-0.05, 0) is 160 Å². The molecule has 0 radical (unpaired) electrons. The van der Waals surface area contributed by atoms with Gasteiger partial charge in [-0.15, -0.1) is 0 Å². The summed E-state index contributed by atoms with van der Waals surface area (Å²) in [5, 5.41) is 19.9. The predicted octanol–water partition coefficient (Wildman–Crippen LogP) is 11.5. The third-order valence-corrected chi connectivity index (χ3v) is 12.8. The van der Waals surface area contributed by atoms with Crippen LogP contribution in [0.25, 0.3) is 11.1 Å². The standard InChI is InChI=1S/C52H72O7/c1-7-8-9-12-38-15-17-39(18-16-38)40-19-21-41(22-20-40)43-25-26-47(48(33-43)42-23-24-42)46-31-44(13-10-28-58-50(55)36(2)3)49(57-30-27-52(6,34-53)35-54)45(32-46)14-11-29-59-51(56)37(4)5/h19-21,25-26,31-33,38-39,41-42,53-54H,2,4,7-18,22-24,27-30,34-35H2,1,3,5-6H3. The summed E-state index contributed by atoms with van der Waals surface area (Å²) in [7, 11) is 0. The number of aliphatic hydroxyl groups is 2. The van der Waals surface area contributed by atoms with Crippen molar-refractivity contribution in [2.45, 2.75) is 142 Å². The molecule has 2 aromatic carbocycles. The lowest BCUT2D eigenvalue weighted by molar-refractivity contribution is -0.139. The van der Waals surface area contributed by atoms with E-state index in [1.54, 1.807) is 19.4 Å². The lowest BCUT2D eigenvalue weighted by Gasteiger charge is -2.31. The maximum absolute atomic E-state index is 12.2. The summed E-state index contributed by atoms with van der Waals surface area (Å²) in [6.45, 7) is 15.4. The van der Waals surface area contributed by atoms with E-state index in [0.717, 1.165) is 34.8 Å². The van der Waals surface area contributed by atoms with Crippen LogP contribution in [0.5, 0.6) is 5.75 Å². The molecule has 0 aliphatic heterocycles. The van der Waals surface area contributed by atoms with Gasteiger partial charge in [-0.2, -0.15) is 0 Å². The monoisotopic (exact) mass is 809 g/mol. The van der Waals surface area contributed by atoms with Crippen LogP contribution in [0, 0.1) is 17.3 Å². The number of aryl methyl sites for hydroxylation is 2. The van der Waals surface area contributed by atoms with Crippen LogP contribution in [-0.4, -0.2) is 55.2 Å². The molecule has 7 heteroatoms. The molecule has 0 bridgehead atoms. The highest BCUT2D eigenvalue weighted by Crippen LogP contribution is 2.47. The van der Waals surface area contributed by atoms with Crippen molar-refractivity contribution in [2.24, 2.45) is 17.3 Å². The van der Waals surface area contributed by atoms with Crippen molar-refractivity contribution in [3.63, 3.8) is 0 Å². The van der Waals surface area contributed by atoms with E-state index < -0.39 is 17.4 Å². The molecular weight excluding hydrogens is 737 g/mol. The van der Waals surface area contributed by atoms with Crippen LogP contribution in [0.15, 0.2) is 78.4 Å². The fraction of sp³-hybridized carbons (Fsp3) is 0.577. The molecule has 5 rings (SSSR count). The fourth-order valence-electron chi connectivity index (χ4n) is 8.64. The van der Waals surface area contributed by atoms with Crippen molar-refractivity contribution in [3.05, 3.63) is 101 Å². The quantitative estimate of drug-likeness (QED) is 0.0618. The normalized spacial score (nSPS) is 19.2. The van der Waals surface area contributed by atoms with E-state index in [1.165, 1.54) is 80.9 Å². The van der Waals surface area contributed by atoms with Crippen LogP contribution < -0.4 is 4.74 Å². The Morgan fingerprint density at radius 3 is 1.93 bits per heavy atom. The zero-order valence-corrected chi connectivity index (χ0v) is 36.6. The van der Waals surface area contributed by atoms with Crippen molar-refractivity contribution < 1.29 is 34.0 Å². The summed E-state index contributed by atoms with van der Waals surface area (Å²) in [4.78, 5) is 24.4. The van der Waals surface area contributed by atoms with E-state index in [0.29, 0.717) is 67.6 Å². The number of esters is 2. The Morgan fingerprint density at radius 2 is 1.41 bits per heavy atom. The van der Waals surface area contributed by atoms with Gasteiger partial charge >= 0.3 is 11.9 Å². The molecule has 2 saturated carbocycles. The van der Waals surface area contributed by atoms with E-state index in [2.05, 4.69) is 68.6 Å². The molecule has 0 saturated heterocycles. The van der Waals surface area contributed by atoms with E-state index in [-0.39, 0.29) is 26.4 Å². The van der Waals surface area contributed by atoms with Gasteiger partial charge in [0.2, 0.25) is 0 Å². The molecule has 0 spiro atoms. The average Bonchev–Trinajstić information content (AvgIpc) is 4.10. The number of rotatable bonds is 24. The number of unbranched alkanes of at least 4 members (excludes halogenated alkanes) is 2. The molecule has 2 fully saturated rings. The first-order valence-electron chi connectivity index (χ1n) is 22.6. The molecule has 2 N–H and O–H groups in total. The summed E-state index contributed by atoms with van der Waals surface area (Å²) >= 11 is 0. The smallest absolute Gasteiger partial charge is 0.333 e. The second-order valence-corrected chi connectivity index (χ2v) is 18.1. The fourth-order valence-corrected chi connectivity index (χ4v) is 8.64. The van der Waals surface area contributed by atoms with Crippen LogP contribution in [-0.2, 0) is 31.9 Å². The number of aliphatic hydroxyl groups excluding tert-OH is 2. The van der Waals surface area contributed by atoms with Crippen molar-refractivity contribution in [1.82, 2.24) is 0 Å². The lowest BCUT2D eigenvalue weighted by Crippen LogP contribution is -2.28. The summed E-state index contributed by atoms with van der Waals surface area (Å²) in [5.41, 5.74) is 8.74. The summed E-state index contributed by atoms with van der Waals surface area (Å²) < 4.78 is 17.5. The van der Waals surface area contributed by atoms with E-state index in [1.807, 2.05) is 6.92 Å². The molecule has 7 nitrogen and oxygen atoms in total. The maximum atomic E-state index is 12.2. The Bertz CT molecular complexity index is 1750. The SMILES string of the molecule is C=C(C)C(=O)OCCCc1cc(-c2ccc(C3C=CC(C4CCC(CCCCC)CC4)=CC3)cc2C2CC2)cc(CCCOC(=O)C(=C)C)c1OCCC(C)(CO)CO. The molecule has 322 valence electrons. The first-order chi connectivity index (χ1) is 28.4. The number of carbonyl (C=O) groups excluding carboxylic acids is 2. The number of hydrogen-bond acceptors (Lipinski definition) is 7. The van der Waals surface area contributed by atoms with Crippen LogP contribution in [0.3, 0.4) is 0 Å². The number of carbonyl (C=O) groups is 2. The Morgan fingerprint density at radius 1 is 0.797 bits per heavy atom. The molecule has 1 unspecified atom stereocenters. The molecule has 0 heterocycles. The minimum absolute atomic E-state index is 0.151. The molecule has 59 heavy (non-hydrogen) atoms. The highest BCUT2D eigenvalue weighted by atomic mass is 16.5. The third-order valence-electron chi connectivity index (χ3n) is 12.8. The third kappa shape index (κ3) is 13.5. The zero-order valence-electron chi connectivity index (χ0n) is 36.6. The maximum Gasteiger partial charge on any atom is 0.333 e. The molecule has 2 aromatic rings. The topological polar surface area (TPSA) is 102 Å². The highest BCUT2D eigenvalue weighted by molar-refractivity contribution is 5.87. The summed E-state index contributed by atoms with van der Waals surface area (Å²) in [6, 6.07) is 11.6. The molecule has 0 aromatic heterocycles. The molecule has 1 atom stereocenters. The predicted molar refractivity (Wildman–Crippen MR) is 239 cm³/mol. The van der Waals surface area contributed by atoms with Crippen molar-refractivity contribution in [3.8, 4) is 16.9 Å². The minimum Gasteiger partial charge on any atom is -0.493 e. The molecule has 0 amide bonds. The highest BCUT2D eigenvalue weighted by Gasteiger charge is 2.30. The number of ether oxygens (including phenoxy) is 3. The first kappa shape index (κ1) is 46.1. The Hall–Kier alpha value is -3.94. The summed E-state index contributed by atoms with van der Waals surface area (Å²) in [5.74, 6) is 2.48. The van der Waals surface area contributed by atoms with Gasteiger partial charge in [-0.3, -0.25) is 0 Å².